The minimum atomic E-state index is 0.464. The van der Waals surface area contributed by atoms with Crippen LogP contribution in [0.2, 0.25) is 5.02 Å². The van der Waals surface area contributed by atoms with Crippen LogP contribution in [0.4, 0.5) is 5.69 Å². The van der Waals surface area contributed by atoms with E-state index in [1.54, 1.807) is 0 Å². The van der Waals surface area contributed by atoms with Crippen LogP contribution in [0.1, 0.15) is 43.4 Å². The minimum absolute atomic E-state index is 0.464. The lowest BCUT2D eigenvalue weighted by Gasteiger charge is -2.16. The second-order valence-electron chi connectivity index (χ2n) is 6.58. The maximum atomic E-state index is 6.07. The molecule has 1 nitrogen and oxygen atoms in total. The smallest absolute Gasteiger partial charge is 0.0426 e. The highest BCUT2D eigenvalue weighted by molar-refractivity contribution is 6.30. The molecular formula is C20H26ClN. The molecule has 0 aromatic heterocycles. The molecule has 0 spiro atoms. The van der Waals surface area contributed by atoms with Crippen molar-refractivity contribution in [1.82, 2.24) is 0 Å². The Morgan fingerprint density at radius 2 is 1.68 bits per heavy atom. The van der Waals surface area contributed by atoms with Gasteiger partial charge >= 0.3 is 0 Å². The lowest BCUT2D eigenvalue weighted by molar-refractivity contribution is 0.647. The number of hydrogen-bond acceptors (Lipinski definition) is 1. The summed E-state index contributed by atoms with van der Waals surface area (Å²) >= 11 is 6.07. The molecule has 0 aliphatic heterocycles. The zero-order valence-corrected chi connectivity index (χ0v) is 14.7. The number of nitrogens with one attached hydrogen (secondary N) is 1. The van der Waals surface area contributed by atoms with Crippen molar-refractivity contribution < 1.29 is 0 Å². The van der Waals surface area contributed by atoms with Gasteiger partial charge in [-0.2, -0.15) is 0 Å². The molecular weight excluding hydrogens is 290 g/mol. The molecule has 0 aliphatic carbocycles. The number of aryl methyl sites for hydroxylation is 1. The number of benzene rings is 2. The molecule has 0 amide bonds. The van der Waals surface area contributed by atoms with Gasteiger partial charge in [0.25, 0.3) is 0 Å². The second kappa shape index (κ2) is 7.69. The van der Waals surface area contributed by atoms with Crippen molar-refractivity contribution in [3.8, 4) is 0 Å². The molecule has 0 saturated carbocycles. The van der Waals surface area contributed by atoms with E-state index >= 15 is 0 Å². The Balaban J connectivity index is 1.97. The highest BCUT2D eigenvalue weighted by Crippen LogP contribution is 2.23. The number of rotatable bonds is 6. The van der Waals surface area contributed by atoms with Gasteiger partial charge in [-0.1, -0.05) is 62.7 Å². The lowest BCUT2D eigenvalue weighted by atomic mass is 9.96. The molecule has 0 bridgehead atoms. The molecule has 2 heteroatoms. The van der Waals surface area contributed by atoms with E-state index in [-0.39, 0.29) is 0 Å². The number of halogens is 1. The van der Waals surface area contributed by atoms with Gasteiger partial charge in [-0.3, -0.25) is 0 Å². The normalized spacial score (nSPS) is 12.5. The van der Waals surface area contributed by atoms with Crippen LogP contribution in [-0.2, 0) is 6.42 Å². The van der Waals surface area contributed by atoms with Crippen LogP contribution < -0.4 is 5.32 Å². The van der Waals surface area contributed by atoms with E-state index in [1.165, 1.54) is 16.7 Å². The van der Waals surface area contributed by atoms with Gasteiger partial charge < -0.3 is 5.32 Å². The van der Waals surface area contributed by atoms with Gasteiger partial charge in [-0.15, -0.1) is 0 Å². The Morgan fingerprint density at radius 1 is 1.00 bits per heavy atom. The summed E-state index contributed by atoms with van der Waals surface area (Å²) in [6.07, 6.45) is 1.15. The van der Waals surface area contributed by atoms with Crippen molar-refractivity contribution >= 4 is 17.3 Å². The van der Waals surface area contributed by atoms with Crippen molar-refractivity contribution in [1.29, 1.82) is 0 Å². The minimum Gasteiger partial charge on any atom is -0.384 e. The van der Waals surface area contributed by atoms with Gasteiger partial charge in [-0.25, -0.2) is 0 Å². The predicted octanol–water partition coefficient (Wildman–Crippen LogP) is 6.06. The number of hydrogen-bond donors (Lipinski definition) is 1. The van der Waals surface area contributed by atoms with Gasteiger partial charge in [0.1, 0.15) is 0 Å². The largest absolute Gasteiger partial charge is 0.384 e. The highest BCUT2D eigenvalue weighted by Gasteiger charge is 2.07. The summed E-state index contributed by atoms with van der Waals surface area (Å²) in [7, 11) is 0. The van der Waals surface area contributed by atoms with E-state index in [0.29, 0.717) is 11.8 Å². The van der Waals surface area contributed by atoms with Crippen LogP contribution in [0.25, 0.3) is 0 Å². The van der Waals surface area contributed by atoms with Crippen LogP contribution in [0.3, 0.4) is 0 Å². The summed E-state index contributed by atoms with van der Waals surface area (Å²) in [5.74, 6) is 1.17. The molecule has 0 heterocycles. The fourth-order valence-corrected chi connectivity index (χ4v) is 2.79. The topological polar surface area (TPSA) is 12.0 Å². The van der Waals surface area contributed by atoms with Crippen LogP contribution in [0, 0.1) is 12.8 Å². The first-order chi connectivity index (χ1) is 10.5. The third-order valence-electron chi connectivity index (χ3n) is 3.99. The maximum absolute atomic E-state index is 6.07. The average Bonchev–Trinajstić information content (AvgIpc) is 2.48. The summed E-state index contributed by atoms with van der Waals surface area (Å²) in [5, 5.41) is 4.29. The van der Waals surface area contributed by atoms with Crippen LogP contribution in [-0.4, -0.2) is 6.54 Å². The summed E-state index contributed by atoms with van der Waals surface area (Å²) in [6.45, 7) is 9.78. The molecule has 2 aromatic carbocycles. The standard InChI is InChI=1S/C20H26ClN/c1-14(2)11-17-6-8-18(9-7-17)16(4)13-22-20-12-19(21)10-5-15(20)3/h5-10,12,14,16,22H,11,13H2,1-4H3. The molecule has 0 radical (unpaired) electrons. The summed E-state index contributed by atoms with van der Waals surface area (Å²) < 4.78 is 0. The molecule has 22 heavy (non-hydrogen) atoms. The molecule has 2 aromatic rings. The van der Waals surface area contributed by atoms with Crippen molar-refractivity contribution in [2.24, 2.45) is 5.92 Å². The monoisotopic (exact) mass is 315 g/mol. The Morgan fingerprint density at radius 3 is 2.32 bits per heavy atom. The van der Waals surface area contributed by atoms with E-state index in [9.17, 15) is 0 Å². The summed E-state index contributed by atoms with van der Waals surface area (Å²) in [5.41, 5.74) is 5.14. The predicted molar refractivity (Wildman–Crippen MR) is 98.1 cm³/mol. The molecule has 0 aliphatic rings. The molecule has 2 rings (SSSR count). The quantitative estimate of drug-likeness (QED) is 0.683. The first-order valence-corrected chi connectivity index (χ1v) is 8.42. The third kappa shape index (κ3) is 4.78. The Bertz CT molecular complexity index is 602. The van der Waals surface area contributed by atoms with E-state index < -0.39 is 0 Å². The van der Waals surface area contributed by atoms with Crippen molar-refractivity contribution in [3.05, 3.63) is 64.2 Å². The summed E-state index contributed by atoms with van der Waals surface area (Å²) in [6, 6.07) is 15.0. The van der Waals surface area contributed by atoms with Gasteiger partial charge in [0.15, 0.2) is 0 Å². The first-order valence-electron chi connectivity index (χ1n) is 8.04. The van der Waals surface area contributed by atoms with E-state index in [4.69, 9.17) is 11.6 Å². The molecule has 1 unspecified atom stereocenters. The average molecular weight is 316 g/mol. The SMILES string of the molecule is Cc1ccc(Cl)cc1NCC(C)c1ccc(CC(C)C)cc1. The van der Waals surface area contributed by atoms with Crippen LogP contribution in [0.15, 0.2) is 42.5 Å². The van der Waals surface area contributed by atoms with Crippen LogP contribution in [0.5, 0.6) is 0 Å². The second-order valence-corrected chi connectivity index (χ2v) is 7.02. The van der Waals surface area contributed by atoms with Crippen molar-refractivity contribution in [2.45, 2.75) is 40.0 Å². The van der Waals surface area contributed by atoms with Gasteiger partial charge in [0, 0.05) is 17.3 Å². The highest BCUT2D eigenvalue weighted by atomic mass is 35.5. The Labute approximate surface area is 139 Å². The fourth-order valence-electron chi connectivity index (χ4n) is 2.62. The first kappa shape index (κ1) is 16.9. The third-order valence-corrected chi connectivity index (χ3v) is 4.23. The fraction of sp³-hybridized carbons (Fsp3) is 0.400. The zero-order valence-electron chi connectivity index (χ0n) is 14.0. The summed E-state index contributed by atoms with van der Waals surface area (Å²) in [4.78, 5) is 0. The van der Waals surface area contributed by atoms with Crippen molar-refractivity contribution in [2.75, 3.05) is 11.9 Å². The lowest BCUT2D eigenvalue weighted by Crippen LogP contribution is -2.10. The van der Waals surface area contributed by atoms with Gasteiger partial charge in [0.05, 0.1) is 0 Å². The van der Waals surface area contributed by atoms with E-state index in [2.05, 4.69) is 63.3 Å². The molecule has 118 valence electrons. The van der Waals surface area contributed by atoms with E-state index in [0.717, 1.165) is 23.7 Å². The zero-order chi connectivity index (χ0) is 16.1. The molecule has 0 saturated heterocycles. The van der Waals surface area contributed by atoms with E-state index in [1.807, 2.05) is 12.1 Å². The van der Waals surface area contributed by atoms with Gasteiger partial charge in [0.2, 0.25) is 0 Å². The van der Waals surface area contributed by atoms with Gasteiger partial charge in [-0.05, 0) is 54.0 Å². The molecule has 0 fully saturated rings. The van der Waals surface area contributed by atoms with Crippen LogP contribution >= 0.6 is 11.6 Å². The Kier molecular flexibility index (Phi) is 5.90. The number of anilines is 1. The Hall–Kier alpha value is -1.47. The molecule has 1 atom stereocenters. The van der Waals surface area contributed by atoms with Crippen molar-refractivity contribution in [3.63, 3.8) is 0 Å². The molecule has 1 N–H and O–H groups in total. The maximum Gasteiger partial charge on any atom is 0.0426 e.